The summed E-state index contributed by atoms with van der Waals surface area (Å²) >= 11 is 0. The number of methoxy groups -OCH3 is 1. The number of esters is 3. The van der Waals surface area contributed by atoms with E-state index >= 15 is 0 Å². The number of nitrogens with one attached hydrogen (secondary N) is 2. The van der Waals surface area contributed by atoms with Gasteiger partial charge in [0.05, 0.1) is 18.1 Å². The van der Waals surface area contributed by atoms with Crippen molar-refractivity contribution < 1.29 is 28.6 Å². The van der Waals surface area contributed by atoms with E-state index in [2.05, 4.69) is 10.1 Å². The van der Waals surface area contributed by atoms with E-state index in [-0.39, 0.29) is 5.96 Å². The number of guanidine groups is 1. The Labute approximate surface area is 173 Å². The predicted octanol–water partition coefficient (Wildman–Crippen LogP) is 2.20. The summed E-state index contributed by atoms with van der Waals surface area (Å²) in [5.41, 5.74) is 5.75. The van der Waals surface area contributed by atoms with Crippen molar-refractivity contribution in [1.82, 2.24) is 0 Å². The molecule has 0 unspecified atom stereocenters. The number of rotatable bonds is 7. The van der Waals surface area contributed by atoms with Crippen molar-refractivity contribution in [3.8, 4) is 5.75 Å². The molecule has 0 aliphatic carbocycles. The lowest BCUT2D eigenvalue weighted by Crippen LogP contribution is -2.32. The second-order valence-corrected chi connectivity index (χ2v) is 6.81. The lowest BCUT2D eigenvalue weighted by Gasteiger charge is -2.23. The first-order chi connectivity index (χ1) is 14.1. The van der Waals surface area contributed by atoms with Crippen molar-refractivity contribution in [2.45, 2.75) is 19.3 Å². The van der Waals surface area contributed by atoms with Gasteiger partial charge >= 0.3 is 17.9 Å². The molecule has 0 atom stereocenters. The van der Waals surface area contributed by atoms with Crippen LogP contribution in [0.3, 0.4) is 0 Å². The summed E-state index contributed by atoms with van der Waals surface area (Å²) in [5.74, 6) is -1.70. The Balaban J connectivity index is 2.02. The Bertz CT molecular complexity index is 936. The van der Waals surface area contributed by atoms with Crippen LogP contribution in [0.25, 0.3) is 0 Å². The molecule has 0 saturated carbocycles. The lowest BCUT2D eigenvalue weighted by molar-refractivity contribution is -0.160. The normalized spacial score (nSPS) is 10.6. The van der Waals surface area contributed by atoms with Gasteiger partial charge in [0.1, 0.15) is 5.75 Å². The number of anilines is 1. The molecule has 0 heterocycles. The first-order valence-corrected chi connectivity index (χ1v) is 8.91. The average molecular weight is 413 g/mol. The molecule has 0 aliphatic rings. The van der Waals surface area contributed by atoms with Crippen LogP contribution in [0.5, 0.6) is 5.75 Å². The van der Waals surface area contributed by atoms with Gasteiger partial charge in [-0.05, 0) is 55.8 Å². The molecule has 2 aromatic rings. The van der Waals surface area contributed by atoms with Crippen LogP contribution >= 0.6 is 0 Å². The predicted molar refractivity (Wildman–Crippen MR) is 109 cm³/mol. The van der Waals surface area contributed by atoms with Gasteiger partial charge in [0.2, 0.25) is 0 Å². The van der Waals surface area contributed by atoms with Crippen molar-refractivity contribution in [1.29, 1.82) is 5.41 Å². The van der Waals surface area contributed by atoms with Crippen LogP contribution in [0.1, 0.15) is 29.8 Å². The summed E-state index contributed by atoms with van der Waals surface area (Å²) in [5, 5.41) is 9.80. The zero-order valence-corrected chi connectivity index (χ0v) is 16.9. The van der Waals surface area contributed by atoms with E-state index in [9.17, 15) is 14.4 Å². The van der Waals surface area contributed by atoms with E-state index in [0.717, 1.165) is 0 Å². The van der Waals surface area contributed by atoms with Gasteiger partial charge in [0.15, 0.2) is 12.6 Å². The second-order valence-electron chi connectivity index (χ2n) is 6.81. The van der Waals surface area contributed by atoms with E-state index in [0.29, 0.717) is 22.6 Å². The van der Waals surface area contributed by atoms with Crippen LogP contribution in [0, 0.1) is 5.41 Å². The first-order valence-electron chi connectivity index (χ1n) is 8.91. The van der Waals surface area contributed by atoms with Crippen LogP contribution in [0.4, 0.5) is 5.69 Å². The van der Waals surface area contributed by atoms with Crippen LogP contribution < -0.4 is 15.8 Å². The van der Waals surface area contributed by atoms with E-state index in [1.54, 1.807) is 62.4 Å². The molecule has 30 heavy (non-hydrogen) atoms. The molecule has 0 fully saturated rings. The van der Waals surface area contributed by atoms with Gasteiger partial charge in [-0.3, -0.25) is 10.2 Å². The van der Waals surface area contributed by atoms with Gasteiger partial charge in [-0.25, -0.2) is 9.59 Å². The second kappa shape index (κ2) is 9.55. The van der Waals surface area contributed by atoms with Crippen molar-refractivity contribution in [2.75, 3.05) is 19.0 Å². The molecule has 0 aromatic heterocycles. The maximum Gasteiger partial charge on any atom is 0.344 e. The summed E-state index contributed by atoms with van der Waals surface area (Å²) in [6.07, 6.45) is 0. The monoisotopic (exact) mass is 413 g/mol. The third-order valence-corrected chi connectivity index (χ3v) is 4.25. The number of benzene rings is 2. The molecule has 0 aliphatic heterocycles. The van der Waals surface area contributed by atoms with Gasteiger partial charge in [0.25, 0.3) is 0 Å². The Morgan fingerprint density at radius 2 is 1.63 bits per heavy atom. The minimum atomic E-state index is -1.02. The zero-order chi connectivity index (χ0) is 22.3. The van der Waals surface area contributed by atoms with Gasteiger partial charge in [-0.2, -0.15) is 0 Å². The summed E-state index contributed by atoms with van der Waals surface area (Å²) in [6.45, 7) is 2.85. The number of hydrogen-bond donors (Lipinski definition) is 3. The highest BCUT2D eigenvalue weighted by Crippen LogP contribution is 2.27. The molecule has 9 heteroatoms. The average Bonchev–Trinajstić information content (AvgIpc) is 2.72. The summed E-state index contributed by atoms with van der Waals surface area (Å²) in [4.78, 5) is 35.7. The number of nitrogens with two attached hydrogens (primary N) is 1. The molecular weight excluding hydrogens is 390 g/mol. The fourth-order valence-corrected chi connectivity index (χ4v) is 2.43. The summed E-state index contributed by atoms with van der Waals surface area (Å²) in [6, 6.07) is 12.7. The smallest absolute Gasteiger partial charge is 0.344 e. The standard InChI is InChI=1S/C21H23N3O6/c1-21(2,19(27)29-12-17(25)28-3)14-6-10-16(11-7-14)30-18(26)13-4-8-15(9-5-13)24-20(22)23/h4-11H,12H2,1-3H3,(H4,22,23,24). The fraction of sp³-hybridized carbons (Fsp3) is 0.238. The van der Waals surface area contributed by atoms with E-state index in [1.165, 1.54) is 7.11 Å². The first kappa shape index (κ1) is 22.4. The highest BCUT2D eigenvalue weighted by Gasteiger charge is 2.32. The number of carbonyl (C=O) groups excluding carboxylic acids is 3. The molecule has 0 radical (unpaired) electrons. The molecule has 158 valence electrons. The van der Waals surface area contributed by atoms with Gasteiger partial charge in [0, 0.05) is 5.69 Å². The maximum absolute atomic E-state index is 12.3. The lowest BCUT2D eigenvalue weighted by atomic mass is 9.85. The quantitative estimate of drug-likeness (QED) is 0.272. The molecular formula is C21H23N3O6. The SMILES string of the molecule is COC(=O)COC(=O)C(C)(C)c1ccc(OC(=O)c2ccc(NC(=N)N)cc2)cc1. The minimum absolute atomic E-state index is 0.206. The molecule has 0 spiro atoms. The Hall–Kier alpha value is -3.88. The largest absolute Gasteiger partial charge is 0.466 e. The van der Waals surface area contributed by atoms with Crippen LogP contribution in [-0.4, -0.2) is 37.6 Å². The fourth-order valence-electron chi connectivity index (χ4n) is 2.43. The topological polar surface area (TPSA) is 141 Å². The highest BCUT2D eigenvalue weighted by molar-refractivity contribution is 5.93. The molecule has 4 N–H and O–H groups in total. The van der Waals surface area contributed by atoms with E-state index in [1.807, 2.05) is 0 Å². The van der Waals surface area contributed by atoms with Gasteiger partial charge in [-0.1, -0.05) is 12.1 Å². The summed E-state index contributed by atoms with van der Waals surface area (Å²) < 4.78 is 14.8. The molecule has 2 aromatic carbocycles. The minimum Gasteiger partial charge on any atom is -0.466 e. The number of hydrogen-bond acceptors (Lipinski definition) is 7. The molecule has 9 nitrogen and oxygen atoms in total. The molecule has 0 saturated heterocycles. The number of ether oxygens (including phenoxy) is 3. The van der Waals surface area contributed by atoms with Crippen molar-refractivity contribution in [3.05, 3.63) is 59.7 Å². The number of carbonyl (C=O) groups is 3. The van der Waals surface area contributed by atoms with Gasteiger partial charge in [-0.15, -0.1) is 0 Å². The van der Waals surface area contributed by atoms with Crippen LogP contribution in [-0.2, 0) is 24.5 Å². The Kier molecular flexibility index (Phi) is 7.13. The van der Waals surface area contributed by atoms with Crippen molar-refractivity contribution >= 4 is 29.6 Å². The van der Waals surface area contributed by atoms with Crippen LogP contribution in [0.15, 0.2) is 48.5 Å². The Morgan fingerprint density at radius 3 is 2.17 bits per heavy atom. The third kappa shape index (κ3) is 5.81. The zero-order valence-electron chi connectivity index (χ0n) is 16.9. The highest BCUT2D eigenvalue weighted by atomic mass is 16.6. The molecule has 0 amide bonds. The van der Waals surface area contributed by atoms with E-state index in [4.69, 9.17) is 20.6 Å². The molecule has 0 bridgehead atoms. The van der Waals surface area contributed by atoms with Crippen molar-refractivity contribution in [2.24, 2.45) is 5.73 Å². The third-order valence-electron chi connectivity index (χ3n) is 4.25. The van der Waals surface area contributed by atoms with Crippen LogP contribution in [0.2, 0.25) is 0 Å². The maximum atomic E-state index is 12.3. The Morgan fingerprint density at radius 1 is 1.03 bits per heavy atom. The van der Waals surface area contributed by atoms with E-state index < -0.39 is 29.9 Å². The molecule has 2 rings (SSSR count). The van der Waals surface area contributed by atoms with Crippen molar-refractivity contribution in [3.63, 3.8) is 0 Å². The van der Waals surface area contributed by atoms with Gasteiger partial charge < -0.3 is 25.3 Å². The summed E-state index contributed by atoms with van der Waals surface area (Å²) in [7, 11) is 1.21.